The number of amides is 1. The summed E-state index contributed by atoms with van der Waals surface area (Å²) >= 11 is 1.36. The van der Waals surface area contributed by atoms with Crippen molar-refractivity contribution in [3.05, 3.63) is 54.1 Å². The summed E-state index contributed by atoms with van der Waals surface area (Å²) in [6.07, 6.45) is -2.22. The van der Waals surface area contributed by atoms with E-state index >= 15 is 0 Å². The average Bonchev–Trinajstić information content (AvgIpc) is 2.60. The predicted octanol–water partition coefficient (Wildman–Crippen LogP) is 5.18. The zero-order chi connectivity index (χ0) is 19.0. The summed E-state index contributed by atoms with van der Waals surface area (Å²) in [5.41, 5.74) is 0.0246. The van der Waals surface area contributed by atoms with E-state index in [-0.39, 0.29) is 12.5 Å². The second kappa shape index (κ2) is 9.64. The molecular weight excluding hydrogens is 361 g/mol. The molecule has 0 aliphatic rings. The van der Waals surface area contributed by atoms with Crippen LogP contribution in [0.25, 0.3) is 0 Å². The highest BCUT2D eigenvalue weighted by atomic mass is 32.2. The molecule has 0 saturated heterocycles. The molecule has 0 bridgehead atoms. The first-order chi connectivity index (χ1) is 12.4. The van der Waals surface area contributed by atoms with Crippen molar-refractivity contribution in [2.45, 2.75) is 35.7 Å². The fraction of sp³-hybridized carbons (Fsp3) is 0.316. The Hall–Kier alpha value is -1.99. The third-order valence-electron chi connectivity index (χ3n) is 3.55. The Bertz CT molecular complexity index is 700. The van der Waals surface area contributed by atoms with Gasteiger partial charge in [-0.25, -0.2) is 0 Å². The molecule has 7 heteroatoms. The van der Waals surface area contributed by atoms with Crippen molar-refractivity contribution in [1.29, 1.82) is 0 Å². The van der Waals surface area contributed by atoms with Crippen LogP contribution in [-0.4, -0.2) is 19.0 Å². The number of halogens is 3. The maximum absolute atomic E-state index is 12.6. The molecular formula is C19H21F3N2OS. The zero-order valence-electron chi connectivity index (χ0n) is 14.4. The molecule has 1 amide bonds. The Kier molecular flexibility index (Phi) is 7.53. The van der Waals surface area contributed by atoms with E-state index in [2.05, 4.69) is 17.6 Å². The number of hydrogen-bond donors (Lipinski definition) is 2. The molecule has 0 aliphatic carbocycles. The Balaban J connectivity index is 1.86. The lowest BCUT2D eigenvalue weighted by Crippen LogP contribution is -2.28. The average molecular weight is 382 g/mol. The van der Waals surface area contributed by atoms with Crippen LogP contribution in [0.1, 0.15) is 25.3 Å². The van der Waals surface area contributed by atoms with Gasteiger partial charge in [0.1, 0.15) is 0 Å². The molecule has 2 N–H and O–H groups in total. The van der Waals surface area contributed by atoms with Gasteiger partial charge >= 0.3 is 6.18 Å². The van der Waals surface area contributed by atoms with E-state index in [0.29, 0.717) is 5.69 Å². The summed E-state index contributed by atoms with van der Waals surface area (Å²) in [6, 6.07) is 12.2. The minimum Gasteiger partial charge on any atom is -0.325 e. The van der Waals surface area contributed by atoms with Gasteiger partial charge in [-0.05, 0) is 61.5 Å². The summed E-state index contributed by atoms with van der Waals surface area (Å²) < 4.78 is 37.7. The van der Waals surface area contributed by atoms with Crippen LogP contribution in [0.5, 0.6) is 0 Å². The molecule has 0 atom stereocenters. The van der Waals surface area contributed by atoms with Gasteiger partial charge in [-0.3, -0.25) is 4.79 Å². The van der Waals surface area contributed by atoms with Gasteiger partial charge in [0, 0.05) is 15.5 Å². The molecule has 26 heavy (non-hydrogen) atoms. The lowest BCUT2D eigenvalue weighted by atomic mass is 10.2. The van der Waals surface area contributed by atoms with Crippen LogP contribution in [0, 0.1) is 0 Å². The minimum atomic E-state index is -4.32. The largest absolute Gasteiger partial charge is 0.416 e. The van der Waals surface area contributed by atoms with E-state index in [4.69, 9.17) is 0 Å². The molecule has 3 nitrogen and oxygen atoms in total. The Morgan fingerprint density at radius 1 is 1.00 bits per heavy atom. The number of carbonyl (C=O) groups is 1. The SMILES string of the molecule is CCCCNCC(=O)Nc1ccc(Sc2ccc(C(F)(F)F)cc2)cc1. The van der Waals surface area contributed by atoms with E-state index in [9.17, 15) is 18.0 Å². The monoisotopic (exact) mass is 382 g/mol. The number of rotatable bonds is 8. The van der Waals surface area contributed by atoms with Crippen molar-refractivity contribution >= 4 is 23.4 Å². The standard InChI is InChI=1S/C19H21F3N2OS/c1-2-3-12-23-13-18(25)24-15-6-10-17(11-7-15)26-16-8-4-14(5-9-16)19(20,21)22/h4-11,23H,2-3,12-13H2,1H3,(H,24,25). The Labute approximate surface area is 155 Å². The van der Waals surface area contributed by atoms with E-state index in [0.717, 1.165) is 41.3 Å². The number of alkyl halides is 3. The molecule has 0 radical (unpaired) electrons. The van der Waals surface area contributed by atoms with E-state index in [1.807, 2.05) is 12.1 Å². The van der Waals surface area contributed by atoms with Crippen molar-refractivity contribution in [3.63, 3.8) is 0 Å². The zero-order valence-corrected chi connectivity index (χ0v) is 15.2. The molecule has 0 aromatic heterocycles. The van der Waals surface area contributed by atoms with Crippen molar-refractivity contribution in [2.75, 3.05) is 18.4 Å². The summed E-state index contributed by atoms with van der Waals surface area (Å²) in [5, 5.41) is 5.87. The number of nitrogens with one attached hydrogen (secondary N) is 2. The molecule has 0 spiro atoms. The molecule has 2 aromatic rings. The lowest BCUT2D eigenvalue weighted by molar-refractivity contribution is -0.137. The minimum absolute atomic E-state index is 0.107. The van der Waals surface area contributed by atoms with Gasteiger partial charge in [0.15, 0.2) is 0 Å². The number of anilines is 1. The highest BCUT2D eigenvalue weighted by Crippen LogP contribution is 2.33. The van der Waals surface area contributed by atoms with Crippen molar-refractivity contribution < 1.29 is 18.0 Å². The first kappa shape index (κ1) is 20.3. The van der Waals surface area contributed by atoms with Crippen molar-refractivity contribution in [1.82, 2.24) is 5.32 Å². The number of benzene rings is 2. The van der Waals surface area contributed by atoms with Gasteiger partial charge in [0.2, 0.25) is 5.91 Å². The van der Waals surface area contributed by atoms with Gasteiger partial charge in [-0.2, -0.15) is 13.2 Å². The molecule has 140 valence electrons. The van der Waals surface area contributed by atoms with E-state index < -0.39 is 11.7 Å². The first-order valence-corrected chi connectivity index (χ1v) is 9.16. The van der Waals surface area contributed by atoms with Crippen LogP contribution in [0.15, 0.2) is 58.3 Å². The van der Waals surface area contributed by atoms with Crippen LogP contribution in [0.2, 0.25) is 0 Å². The second-order valence-corrected chi connectivity index (χ2v) is 6.87. The fourth-order valence-electron chi connectivity index (χ4n) is 2.16. The molecule has 2 aromatic carbocycles. The van der Waals surface area contributed by atoms with Gasteiger partial charge in [0.05, 0.1) is 12.1 Å². The van der Waals surface area contributed by atoms with Gasteiger partial charge in [-0.1, -0.05) is 25.1 Å². The summed E-state index contributed by atoms with van der Waals surface area (Å²) in [4.78, 5) is 13.4. The van der Waals surface area contributed by atoms with Gasteiger partial charge in [0.25, 0.3) is 0 Å². The molecule has 0 aliphatic heterocycles. The van der Waals surface area contributed by atoms with E-state index in [1.54, 1.807) is 12.1 Å². The smallest absolute Gasteiger partial charge is 0.325 e. The Morgan fingerprint density at radius 3 is 2.12 bits per heavy atom. The number of hydrogen-bond acceptors (Lipinski definition) is 3. The van der Waals surface area contributed by atoms with Crippen LogP contribution in [-0.2, 0) is 11.0 Å². The second-order valence-electron chi connectivity index (χ2n) is 5.73. The normalized spacial score (nSPS) is 11.4. The molecule has 0 fully saturated rings. The van der Waals surface area contributed by atoms with Gasteiger partial charge in [-0.15, -0.1) is 0 Å². The number of carbonyl (C=O) groups excluding carboxylic acids is 1. The molecule has 0 unspecified atom stereocenters. The highest BCUT2D eigenvalue weighted by Gasteiger charge is 2.29. The van der Waals surface area contributed by atoms with Crippen molar-refractivity contribution in [2.24, 2.45) is 0 Å². The lowest BCUT2D eigenvalue weighted by Gasteiger charge is -2.09. The van der Waals surface area contributed by atoms with Gasteiger partial charge < -0.3 is 10.6 Å². The maximum atomic E-state index is 12.6. The third kappa shape index (κ3) is 6.72. The maximum Gasteiger partial charge on any atom is 0.416 e. The number of unbranched alkanes of at least 4 members (excludes halogenated alkanes) is 1. The Morgan fingerprint density at radius 2 is 1.58 bits per heavy atom. The topological polar surface area (TPSA) is 41.1 Å². The van der Waals surface area contributed by atoms with Crippen LogP contribution in [0.4, 0.5) is 18.9 Å². The quantitative estimate of drug-likeness (QED) is 0.618. The molecule has 0 heterocycles. The first-order valence-electron chi connectivity index (χ1n) is 8.34. The highest BCUT2D eigenvalue weighted by molar-refractivity contribution is 7.99. The summed E-state index contributed by atoms with van der Waals surface area (Å²) in [7, 11) is 0. The van der Waals surface area contributed by atoms with Crippen LogP contribution < -0.4 is 10.6 Å². The summed E-state index contributed by atoms with van der Waals surface area (Å²) in [5.74, 6) is -0.107. The fourth-order valence-corrected chi connectivity index (χ4v) is 2.98. The third-order valence-corrected chi connectivity index (χ3v) is 4.56. The predicted molar refractivity (Wildman–Crippen MR) is 98.4 cm³/mol. The van der Waals surface area contributed by atoms with Crippen molar-refractivity contribution in [3.8, 4) is 0 Å². The molecule has 2 rings (SSSR count). The molecule has 0 saturated carbocycles. The van der Waals surface area contributed by atoms with E-state index in [1.165, 1.54) is 23.9 Å². The van der Waals surface area contributed by atoms with Crippen LogP contribution >= 0.6 is 11.8 Å². The summed E-state index contributed by atoms with van der Waals surface area (Å²) in [6.45, 7) is 3.17. The van der Waals surface area contributed by atoms with Crippen LogP contribution in [0.3, 0.4) is 0 Å².